The van der Waals surface area contributed by atoms with E-state index >= 15 is 0 Å². The summed E-state index contributed by atoms with van der Waals surface area (Å²) >= 11 is 0. The van der Waals surface area contributed by atoms with Crippen LogP contribution in [0.15, 0.2) is 18.2 Å². The second-order valence-corrected chi connectivity index (χ2v) is 4.87. The van der Waals surface area contributed by atoms with Gasteiger partial charge in [0.25, 0.3) is 0 Å². The molecule has 1 aromatic rings. The zero-order valence-corrected chi connectivity index (χ0v) is 10.2. The minimum Gasteiger partial charge on any atom is -0.490 e. The van der Waals surface area contributed by atoms with Crippen LogP contribution >= 0.6 is 0 Å². The van der Waals surface area contributed by atoms with Gasteiger partial charge in [0.15, 0.2) is 6.29 Å². The van der Waals surface area contributed by atoms with Crippen molar-refractivity contribution < 1.29 is 19.0 Å². The lowest BCUT2D eigenvalue weighted by Gasteiger charge is -2.31. The number of benzene rings is 1. The normalized spacial score (nSPS) is 18.3. The quantitative estimate of drug-likeness (QED) is 0.838. The Hall–Kier alpha value is -1.42. The van der Waals surface area contributed by atoms with E-state index in [1.54, 1.807) is 0 Å². The molecule has 0 atom stereocenters. The highest BCUT2D eigenvalue weighted by atomic mass is 19.1. The van der Waals surface area contributed by atoms with E-state index in [9.17, 15) is 14.3 Å². The number of rotatable bonds is 4. The molecule has 4 heteroatoms. The zero-order valence-electron chi connectivity index (χ0n) is 10.2. The smallest absolute Gasteiger partial charge is 0.153 e. The van der Waals surface area contributed by atoms with Crippen LogP contribution < -0.4 is 4.74 Å². The highest BCUT2D eigenvalue weighted by molar-refractivity contribution is 5.79. The molecule has 1 aliphatic carbocycles. The van der Waals surface area contributed by atoms with E-state index in [-0.39, 0.29) is 12.2 Å². The third kappa shape index (κ3) is 3.07. The minimum atomic E-state index is -0.813. The average Bonchev–Trinajstić information content (AvgIpc) is 2.38. The molecular weight excluding hydrogens is 235 g/mol. The largest absolute Gasteiger partial charge is 0.490 e. The molecule has 3 nitrogen and oxygen atoms in total. The summed E-state index contributed by atoms with van der Waals surface area (Å²) in [6.07, 6.45) is 5.10. The third-order valence-corrected chi connectivity index (χ3v) is 3.38. The predicted molar refractivity (Wildman–Crippen MR) is 65.3 cm³/mol. The van der Waals surface area contributed by atoms with Crippen molar-refractivity contribution in [1.29, 1.82) is 0 Å². The molecule has 18 heavy (non-hydrogen) atoms. The number of aliphatic hydroxyl groups is 1. The van der Waals surface area contributed by atoms with Crippen molar-refractivity contribution in [3.63, 3.8) is 0 Å². The van der Waals surface area contributed by atoms with Crippen molar-refractivity contribution in [3.05, 3.63) is 29.6 Å². The summed E-state index contributed by atoms with van der Waals surface area (Å²) < 4.78 is 18.4. The Morgan fingerprint density at radius 2 is 2.06 bits per heavy atom. The van der Waals surface area contributed by atoms with Crippen LogP contribution in [0, 0.1) is 5.82 Å². The van der Waals surface area contributed by atoms with Crippen molar-refractivity contribution in [1.82, 2.24) is 0 Å². The van der Waals surface area contributed by atoms with Crippen molar-refractivity contribution in [2.45, 2.75) is 37.7 Å². The van der Waals surface area contributed by atoms with Crippen LogP contribution in [-0.2, 0) is 0 Å². The predicted octanol–water partition coefficient (Wildman–Crippen LogP) is 2.71. The zero-order chi connectivity index (χ0) is 13.0. The maximum absolute atomic E-state index is 12.9. The van der Waals surface area contributed by atoms with E-state index in [1.807, 2.05) is 0 Å². The number of carbonyl (C=O) groups excluding carboxylic acids is 1. The third-order valence-electron chi connectivity index (χ3n) is 3.38. The maximum atomic E-state index is 12.9. The first-order valence-corrected chi connectivity index (χ1v) is 6.23. The highest BCUT2D eigenvalue weighted by Crippen LogP contribution is 2.29. The van der Waals surface area contributed by atoms with E-state index in [4.69, 9.17) is 4.74 Å². The van der Waals surface area contributed by atoms with Gasteiger partial charge in [-0.1, -0.05) is 19.3 Å². The van der Waals surface area contributed by atoms with Crippen LogP contribution in [0.2, 0.25) is 0 Å². The maximum Gasteiger partial charge on any atom is 0.153 e. The lowest BCUT2D eigenvalue weighted by molar-refractivity contribution is -0.0340. The second kappa shape index (κ2) is 5.48. The van der Waals surface area contributed by atoms with Gasteiger partial charge in [0.1, 0.15) is 18.2 Å². The lowest BCUT2D eigenvalue weighted by atomic mass is 9.85. The Labute approximate surface area is 106 Å². The van der Waals surface area contributed by atoms with Gasteiger partial charge in [-0.2, -0.15) is 0 Å². The van der Waals surface area contributed by atoms with Gasteiger partial charge in [-0.15, -0.1) is 0 Å². The first kappa shape index (κ1) is 13.0. The van der Waals surface area contributed by atoms with Crippen molar-refractivity contribution in [3.8, 4) is 5.75 Å². The standard InChI is InChI=1S/C14H17FO3/c15-12-4-5-13(11(8-12)9-16)18-10-14(17)6-2-1-3-7-14/h4-5,8-9,17H,1-3,6-7,10H2. The summed E-state index contributed by atoms with van der Waals surface area (Å²) in [5.74, 6) is -0.147. The molecule has 0 unspecified atom stereocenters. The molecule has 0 aliphatic heterocycles. The molecule has 1 fully saturated rings. The summed E-state index contributed by atoms with van der Waals surface area (Å²) in [6.45, 7) is 0.152. The molecule has 1 saturated carbocycles. The van der Waals surface area contributed by atoms with Crippen molar-refractivity contribution >= 4 is 6.29 Å². The van der Waals surface area contributed by atoms with Gasteiger partial charge < -0.3 is 9.84 Å². The highest BCUT2D eigenvalue weighted by Gasteiger charge is 2.30. The van der Waals surface area contributed by atoms with E-state index in [1.165, 1.54) is 12.1 Å². The van der Waals surface area contributed by atoms with Crippen LogP contribution in [0.5, 0.6) is 5.75 Å². The summed E-state index contributed by atoms with van der Waals surface area (Å²) in [6, 6.07) is 3.80. The number of hydrogen-bond acceptors (Lipinski definition) is 3. The lowest BCUT2D eigenvalue weighted by Crippen LogP contribution is -2.38. The Morgan fingerprint density at radius 1 is 1.33 bits per heavy atom. The van der Waals surface area contributed by atoms with Crippen molar-refractivity contribution in [2.75, 3.05) is 6.61 Å². The molecule has 2 rings (SSSR count). The van der Waals surface area contributed by atoms with Crippen LogP contribution in [0.1, 0.15) is 42.5 Å². The molecule has 0 bridgehead atoms. The molecule has 0 amide bonds. The summed E-state index contributed by atoms with van der Waals surface area (Å²) in [5, 5.41) is 10.3. The number of carbonyl (C=O) groups is 1. The van der Waals surface area contributed by atoms with E-state index in [2.05, 4.69) is 0 Å². The molecule has 0 spiro atoms. The topological polar surface area (TPSA) is 46.5 Å². The molecule has 98 valence electrons. The fourth-order valence-corrected chi connectivity index (χ4v) is 2.31. The Balaban J connectivity index is 2.03. The van der Waals surface area contributed by atoms with Crippen LogP contribution in [0.25, 0.3) is 0 Å². The monoisotopic (exact) mass is 252 g/mol. The molecule has 0 aromatic heterocycles. The van der Waals surface area contributed by atoms with Crippen LogP contribution in [-0.4, -0.2) is 23.6 Å². The molecule has 0 saturated heterocycles. The average molecular weight is 252 g/mol. The molecule has 1 N–H and O–H groups in total. The fraction of sp³-hybridized carbons (Fsp3) is 0.500. The Bertz CT molecular complexity index is 425. The molecule has 0 heterocycles. The summed E-state index contributed by atoms with van der Waals surface area (Å²) in [5.41, 5.74) is -0.637. The SMILES string of the molecule is O=Cc1cc(F)ccc1OCC1(O)CCCCC1. The van der Waals surface area contributed by atoms with Gasteiger partial charge in [0, 0.05) is 0 Å². The van der Waals surface area contributed by atoms with Crippen LogP contribution in [0.3, 0.4) is 0 Å². The van der Waals surface area contributed by atoms with E-state index < -0.39 is 11.4 Å². The molecular formula is C14H17FO3. The summed E-state index contributed by atoms with van der Waals surface area (Å²) in [4.78, 5) is 10.8. The second-order valence-electron chi connectivity index (χ2n) is 4.87. The van der Waals surface area contributed by atoms with Crippen LogP contribution in [0.4, 0.5) is 4.39 Å². The Morgan fingerprint density at radius 3 is 2.72 bits per heavy atom. The van der Waals surface area contributed by atoms with Crippen molar-refractivity contribution in [2.24, 2.45) is 0 Å². The summed E-state index contributed by atoms with van der Waals surface area (Å²) in [7, 11) is 0. The van der Waals surface area contributed by atoms with Gasteiger partial charge in [0.05, 0.1) is 11.2 Å². The first-order chi connectivity index (χ1) is 8.63. The number of hydrogen-bond donors (Lipinski definition) is 1. The number of halogens is 1. The van der Waals surface area contributed by atoms with E-state index in [0.717, 1.165) is 25.3 Å². The van der Waals surface area contributed by atoms with Gasteiger partial charge in [-0.3, -0.25) is 4.79 Å². The molecule has 1 aromatic carbocycles. The molecule has 1 aliphatic rings. The van der Waals surface area contributed by atoms with Gasteiger partial charge in [-0.05, 0) is 31.0 Å². The number of aldehydes is 1. The van der Waals surface area contributed by atoms with Gasteiger partial charge in [-0.25, -0.2) is 4.39 Å². The first-order valence-electron chi connectivity index (χ1n) is 6.23. The minimum absolute atomic E-state index is 0.152. The number of ether oxygens (including phenoxy) is 1. The van der Waals surface area contributed by atoms with Gasteiger partial charge >= 0.3 is 0 Å². The van der Waals surface area contributed by atoms with E-state index in [0.29, 0.717) is 24.9 Å². The fourth-order valence-electron chi connectivity index (χ4n) is 2.31. The van der Waals surface area contributed by atoms with Gasteiger partial charge in [0.2, 0.25) is 0 Å². The molecule has 0 radical (unpaired) electrons. The Kier molecular flexibility index (Phi) is 3.97.